The molecule has 2 rings (SSSR count). The van der Waals surface area contributed by atoms with Gasteiger partial charge in [0.25, 0.3) is 0 Å². The molecule has 0 aromatic heterocycles. The van der Waals surface area contributed by atoms with Crippen LogP contribution in [0.5, 0.6) is 0 Å². The summed E-state index contributed by atoms with van der Waals surface area (Å²) in [6, 6.07) is 8.68. The molecule has 0 N–H and O–H groups in total. The largest absolute Gasteiger partial charge is 0.300 e. The molecule has 1 fully saturated rings. The van der Waals surface area contributed by atoms with Gasteiger partial charge in [-0.2, -0.15) is 0 Å². The molecule has 1 nitrogen and oxygen atoms in total. The number of hydrogen-bond acceptors (Lipinski definition) is 1. The second-order valence-corrected chi connectivity index (χ2v) is 5.20. The minimum atomic E-state index is -0.214. The van der Waals surface area contributed by atoms with E-state index in [1.165, 1.54) is 11.1 Å². The first kappa shape index (κ1) is 13.3. The smallest absolute Gasteiger partial charge is 0.132 e. The van der Waals surface area contributed by atoms with Crippen LogP contribution in [0.4, 0.5) is 4.39 Å². The van der Waals surface area contributed by atoms with Crippen molar-refractivity contribution in [1.82, 2.24) is 0 Å². The summed E-state index contributed by atoms with van der Waals surface area (Å²) < 4.78 is 12.0. The summed E-state index contributed by atoms with van der Waals surface area (Å²) in [6.07, 6.45) is 6.03. The van der Waals surface area contributed by atoms with E-state index in [0.29, 0.717) is 18.1 Å². The maximum absolute atomic E-state index is 12.0. The highest BCUT2D eigenvalue weighted by atomic mass is 19.1. The third-order valence-corrected chi connectivity index (χ3v) is 3.84. The van der Waals surface area contributed by atoms with Crippen molar-refractivity contribution in [3.05, 3.63) is 35.4 Å². The monoisotopic (exact) mass is 248 g/mol. The second kappa shape index (κ2) is 6.67. The molecule has 2 heteroatoms. The summed E-state index contributed by atoms with van der Waals surface area (Å²) in [7, 11) is 0. The Balaban J connectivity index is 1.89. The molecule has 18 heavy (non-hydrogen) atoms. The van der Waals surface area contributed by atoms with E-state index in [0.717, 1.165) is 38.5 Å². The number of alkyl halides is 1. The SMILES string of the molecule is O=C1CCC(c2ccc(CCCCF)cc2)CC1. The number of carbonyl (C=O) groups is 1. The highest BCUT2D eigenvalue weighted by molar-refractivity contribution is 5.79. The highest BCUT2D eigenvalue weighted by Gasteiger charge is 2.19. The number of rotatable bonds is 5. The van der Waals surface area contributed by atoms with Gasteiger partial charge >= 0.3 is 0 Å². The molecule has 1 saturated carbocycles. The van der Waals surface area contributed by atoms with Crippen LogP contribution in [0.25, 0.3) is 0 Å². The highest BCUT2D eigenvalue weighted by Crippen LogP contribution is 2.31. The van der Waals surface area contributed by atoms with Gasteiger partial charge in [-0.3, -0.25) is 9.18 Å². The standard InChI is InChI=1S/C16H21FO/c17-12-2-1-3-13-4-6-14(7-5-13)15-8-10-16(18)11-9-15/h4-7,15H,1-3,8-12H2. The van der Waals surface area contributed by atoms with E-state index in [4.69, 9.17) is 0 Å². The normalized spacial score (nSPS) is 17.1. The zero-order valence-electron chi connectivity index (χ0n) is 10.8. The molecule has 0 heterocycles. The molecule has 1 aromatic carbocycles. The average Bonchev–Trinajstić information content (AvgIpc) is 2.41. The topological polar surface area (TPSA) is 17.1 Å². The first-order valence-electron chi connectivity index (χ1n) is 6.96. The predicted molar refractivity (Wildman–Crippen MR) is 71.6 cm³/mol. The zero-order valence-corrected chi connectivity index (χ0v) is 10.8. The summed E-state index contributed by atoms with van der Waals surface area (Å²) in [5, 5.41) is 0. The molecule has 98 valence electrons. The van der Waals surface area contributed by atoms with Crippen LogP contribution in [0, 0.1) is 0 Å². The Morgan fingerprint density at radius 3 is 2.33 bits per heavy atom. The molecule has 0 spiro atoms. The summed E-state index contributed by atoms with van der Waals surface area (Å²) >= 11 is 0. The fourth-order valence-electron chi connectivity index (χ4n) is 2.65. The number of ketones is 1. The van der Waals surface area contributed by atoms with Gasteiger partial charge in [0, 0.05) is 12.8 Å². The number of aryl methyl sites for hydroxylation is 1. The lowest BCUT2D eigenvalue weighted by atomic mass is 9.83. The maximum atomic E-state index is 12.0. The molecular formula is C16H21FO. The van der Waals surface area contributed by atoms with E-state index in [9.17, 15) is 9.18 Å². The lowest BCUT2D eigenvalue weighted by Crippen LogP contribution is -2.12. The lowest BCUT2D eigenvalue weighted by Gasteiger charge is -2.21. The van der Waals surface area contributed by atoms with Crippen LogP contribution in [0.15, 0.2) is 24.3 Å². The molecule has 0 bridgehead atoms. The predicted octanol–water partition coefficient (Wildman–Crippen LogP) is 4.21. The van der Waals surface area contributed by atoms with Crippen LogP contribution in [-0.2, 0) is 11.2 Å². The Kier molecular flexibility index (Phi) is 4.91. The molecule has 0 aliphatic heterocycles. The summed E-state index contributed by atoms with van der Waals surface area (Å²) in [5.41, 5.74) is 2.65. The van der Waals surface area contributed by atoms with Gasteiger partial charge in [-0.15, -0.1) is 0 Å². The number of benzene rings is 1. The molecule has 0 radical (unpaired) electrons. The number of Topliss-reactive ketones (excluding diaryl/α,β-unsaturated/α-hetero) is 1. The van der Waals surface area contributed by atoms with Crippen molar-refractivity contribution < 1.29 is 9.18 Å². The van der Waals surface area contributed by atoms with Gasteiger partial charge in [-0.05, 0) is 49.1 Å². The van der Waals surface area contributed by atoms with Crippen molar-refractivity contribution in [2.45, 2.75) is 50.9 Å². The molecule has 0 atom stereocenters. The second-order valence-electron chi connectivity index (χ2n) is 5.20. The Hall–Kier alpha value is -1.18. The van der Waals surface area contributed by atoms with Crippen molar-refractivity contribution in [1.29, 1.82) is 0 Å². The molecule has 0 amide bonds. The minimum absolute atomic E-state index is 0.214. The average molecular weight is 248 g/mol. The maximum Gasteiger partial charge on any atom is 0.132 e. The van der Waals surface area contributed by atoms with Crippen molar-refractivity contribution in [3.8, 4) is 0 Å². The number of halogens is 1. The third-order valence-electron chi connectivity index (χ3n) is 3.84. The van der Waals surface area contributed by atoms with Crippen LogP contribution >= 0.6 is 0 Å². The Morgan fingerprint density at radius 2 is 1.72 bits per heavy atom. The molecule has 0 saturated heterocycles. The Bertz CT molecular complexity index is 373. The van der Waals surface area contributed by atoms with E-state index >= 15 is 0 Å². The zero-order chi connectivity index (χ0) is 12.8. The lowest BCUT2D eigenvalue weighted by molar-refractivity contribution is -0.120. The Labute approximate surface area is 108 Å². The first-order valence-corrected chi connectivity index (χ1v) is 6.96. The molecule has 1 aliphatic rings. The number of unbranched alkanes of at least 4 members (excludes halogenated alkanes) is 1. The van der Waals surface area contributed by atoms with Crippen molar-refractivity contribution >= 4 is 5.78 Å². The van der Waals surface area contributed by atoms with Gasteiger partial charge in [0.05, 0.1) is 6.67 Å². The first-order chi connectivity index (χ1) is 8.79. The summed E-state index contributed by atoms with van der Waals surface area (Å²) in [5.74, 6) is 0.969. The van der Waals surface area contributed by atoms with Crippen LogP contribution in [0.2, 0.25) is 0 Å². The van der Waals surface area contributed by atoms with Crippen LogP contribution in [-0.4, -0.2) is 12.5 Å². The molecule has 0 unspecified atom stereocenters. The fourth-order valence-corrected chi connectivity index (χ4v) is 2.65. The third kappa shape index (κ3) is 3.66. The van der Waals surface area contributed by atoms with E-state index < -0.39 is 0 Å². The number of hydrogen-bond donors (Lipinski definition) is 0. The van der Waals surface area contributed by atoms with Crippen LogP contribution in [0.1, 0.15) is 55.6 Å². The van der Waals surface area contributed by atoms with Gasteiger partial charge in [0.2, 0.25) is 0 Å². The molecule has 1 aliphatic carbocycles. The van der Waals surface area contributed by atoms with Gasteiger partial charge in [0.15, 0.2) is 0 Å². The summed E-state index contributed by atoms with van der Waals surface area (Å²) in [6.45, 7) is -0.214. The Morgan fingerprint density at radius 1 is 1.06 bits per heavy atom. The summed E-state index contributed by atoms with van der Waals surface area (Å²) in [4.78, 5) is 11.2. The van der Waals surface area contributed by atoms with Crippen molar-refractivity contribution in [2.24, 2.45) is 0 Å². The van der Waals surface area contributed by atoms with Crippen LogP contribution < -0.4 is 0 Å². The van der Waals surface area contributed by atoms with Gasteiger partial charge in [0.1, 0.15) is 5.78 Å². The van der Waals surface area contributed by atoms with E-state index in [1.807, 2.05) is 0 Å². The minimum Gasteiger partial charge on any atom is -0.300 e. The van der Waals surface area contributed by atoms with E-state index in [-0.39, 0.29) is 6.67 Å². The quantitative estimate of drug-likeness (QED) is 0.713. The van der Waals surface area contributed by atoms with Gasteiger partial charge in [-0.1, -0.05) is 24.3 Å². The fraction of sp³-hybridized carbons (Fsp3) is 0.562. The molecular weight excluding hydrogens is 227 g/mol. The van der Waals surface area contributed by atoms with Crippen LogP contribution in [0.3, 0.4) is 0 Å². The van der Waals surface area contributed by atoms with E-state index in [1.54, 1.807) is 0 Å². The number of carbonyl (C=O) groups excluding carboxylic acids is 1. The van der Waals surface area contributed by atoms with Crippen molar-refractivity contribution in [2.75, 3.05) is 6.67 Å². The van der Waals surface area contributed by atoms with E-state index in [2.05, 4.69) is 24.3 Å². The van der Waals surface area contributed by atoms with Gasteiger partial charge in [-0.25, -0.2) is 0 Å². The molecule has 1 aromatic rings. The van der Waals surface area contributed by atoms with Gasteiger partial charge < -0.3 is 0 Å². The van der Waals surface area contributed by atoms with Crippen molar-refractivity contribution in [3.63, 3.8) is 0 Å².